The van der Waals surface area contributed by atoms with E-state index < -0.39 is 0 Å². The highest BCUT2D eigenvalue weighted by molar-refractivity contribution is 5.85. The third-order valence-electron chi connectivity index (χ3n) is 7.91. The van der Waals surface area contributed by atoms with Gasteiger partial charge in [-0.15, -0.1) is 12.4 Å². The third-order valence-corrected chi connectivity index (χ3v) is 7.91. The smallest absolute Gasteiger partial charge is 0.0160 e. The summed E-state index contributed by atoms with van der Waals surface area (Å²) in [5.74, 6) is 8.06. The van der Waals surface area contributed by atoms with Crippen molar-refractivity contribution in [2.75, 3.05) is 6.54 Å². The number of hydrogen-bond acceptors (Lipinski definition) is 1. The third kappa shape index (κ3) is 0.945. The molecule has 1 nitrogen and oxygen atoms in total. The predicted molar refractivity (Wildman–Crippen MR) is 75.7 cm³/mol. The summed E-state index contributed by atoms with van der Waals surface area (Å²) in [4.78, 5) is 0. The van der Waals surface area contributed by atoms with E-state index in [4.69, 9.17) is 0 Å². The zero-order valence-corrected chi connectivity index (χ0v) is 12.4. The molecule has 6 bridgehead atoms. The van der Waals surface area contributed by atoms with E-state index >= 15 is 0 Å². The Morgan fingerprint density at radius 2 is 1.94 bits per heavy atom. The van der Waals surface area contributed by atoms with Crippen LogP contribution in [0.3, 0.4) is 0 Å². The molecule has 18 heavy (non-hydrogen) atoms. The average Bonchev–Trinajstić information content (AvgIpc) is 2.97. The summed E-state index contributed by atoms with van der Waals surface area (Å²) in [6.07, 6.45) is 5.96. The van der Waals surface area contributed by atoms with Crippen LogP contribution < -0.4 is 5.32 Å². The van der Waals surface area contributed by atoms with Crippen molar-refractivity contribution in [3.63, 3.8) is 0 Å². The summed E-state index contributed by atoms with van der Waals surface area (Å²) in [5, 5.41) is 4.00. The molecule has 0 aromatic rings. The largest absolute Gasteiger partial charge is 0.313 e. The fraction of sp³-hybridized carbons (Fsp3) is 1.00. The summed E-state index contributed by atoms with van der Waals surface area (Å²) in [5.41, 5.74) is 0.728. The minimum Gasteiger partial charge on any atom is -0.313 e. The number of hydrogen-bond donors (Lipinski definition) is 1. The van der Waals surface area contributed by atoms with Crippen molar-refractivity contribution in [3.05, 3.63) is 0 Å². The van der Waals surface area contributed by atoms with E-state index in [2.05, 4.69) is 19.2 Å². The normalized spacial score (nSPS) is 64.3. The Hall–Kier alpha value is 0.250. The van der Waals surface area contributed by atoms with Gasteiger partial charge < -0.3 is 5.32 Å². The Morgan fingerprint density at radius 1 is 1.11 bits per heavy atom. The lowest BCUT2D eigenvalue weighted by atomic mass is 9.64. The first-order valence-electron chi connectivity index (χ1n) is 8.02. The molecule has 2 heteroatoms. The van der Waals surface area contributed by atoms with E-state index in [0.717, 1.165) is 35.1 Å². The molecule has 1 N–H and O–H groups in total. The van der Waals surface area contributed by atoms with Crippen molar-refractivity contribution in [2.45, 2.75) is 45.6 Å². The van der Waals surface area contributed by atoms with E-state index in [1.165, 1.54) is 37.1 Å². The molecule has 0 amide bonds. The minimum atomic E-state index is 0. The van der Waals surface area contributed by atoms with Gasteiger partial charge in [0.05, 0.1) is 0 Å². The number of unbranched alkanes of at least 4 members (excludes halogenated alkanes) is 1. The SMILES string of the molecule is CCCCN[C@@H]1[C@H]2C3C[C@@H]4[C@H]2[C@H]2C[C@@H]4C3[C@@]21C.Cl. The quantitative estimate of drug-likeness (QED) is 0.771. The fourth-order valence-electron chi connectivity index (χ4n) is 7.92. The highest BCUT2D eigenvalue weighted by Gasteiger charge is 2.84. The van der Waals surface area contributed by atoms with Crippen LogP contribution in [0.2, 0.25) is 0 Å². The van der Waals surface area contributed by atoms with E-state index in [-0.39, 0.29) is 12.4 Å². The van der Waals surface area contributed by atoms with Gasteiger partial charge in [0.1, 0.15) is 0 Å². The van der Waals surface area contributed by atoms with Gasteiger partial charge in [0, 0.05) is 6.04 Å². The van der Waals surface area contributed by atoms with Crippen molar-refractivity contribution >= 4 is 12.4 Å². The van der Waals surface area contributed by atoms with Gasteiger partial charge in [0.15, 0.2) is 0 Å². The van der Waals surface area contributed by atoms with Gasteiger partial charge >= 0.3 is 0 Å². The van der Waals surface area contributed by atoms with Gasteiger partial charge in [-0.3, -0.25) is 0 Å². The summed E-state index contributed by atoms with van der Waals surface area (Å²) in [6, 6.07) is 0.913. The minimum absolute atomic E-state index is 0. The van der Waals surface area contributed by atoms with Crippen LogP contribution in [-0.4, -0.2) is 12.6 Å². The monoisotopic (exact) mass is 267 g/mol. The summed E-state index contributed by atoms with van der Waals surface area (Å²) in [6.45, 7) is 6.26. The first kappa shape index (κ1) is 12.0. The van der Waals surface area contributed by atoms with E-state index in [9.17, 15) is 0 Å². The maximum Gasteiger partial charge on any atom is 0.0160 e. The predicted octanol–water partition coefficient (Wildman–Crippen LogP) is 3.33. The average molecular weight is 268 g/mol. The molecule has 0 radical (unpaired) electrons. The fourth-order valence-corrected chi connectivity index (χ4v) is 7.92. The highest BCUT2D eigenvalue weighted by atomic mass is 35.5. The second kappa shape index (κ2) is 3.47. The van der Waals surface area contributed by atoms with Crippen LogP contribution in [0.5, 0.6) is 0 Å². The maximum absolute atomic E-state index is 4.00. The molecule has 0 aliphatic heterocycles. The second-order valence-corrected chi connectivity index (χ2v) is 7.90. The Balaban J connectivity index is 0.000000882. The molecular formula is C16H26ClN. The standard InChI is InChI=1S/C16H25N.ClH/c1-3-4-5-17-15-13-10-6-8-9-7-11(12(8)13)16(15,2)14(9)10;/h8-15,17H,3-7H2,1-2H3;1H/t8-,9-,10?,11+,12-,13-,14?,15+,16+;/m0./s1. The molecule has 0 heterocycles. The van der Waals surface area contributed by atoms with Gasteiger partial charge in [0.2, 0.25) is 0 Å². The number of rotatable bonds is 4. The van der Waals surface area contributed by atoms with Crippen LogP contribution in [0.25, 0.3) is 0 Å². The second-order valence-electron chi connectivity index (χ2n) is 7.90. The zero-order valence-electron chi connectivity index (χ0n) is 11.6. The van der Waals surface area contributed by atoms with Crippen molar-refractivity contribution < 1.29 is 0 Å². The Kier molecular flexibility index (Phi) is 2.32. The van der Waals surface area contributed by atoms with Gasteiger partial charge in [-0.25, -0.2) is 0 Å². The lowest BCUT2D eigenvalue weighted by Crippen LogP contribution is -2.43. The van der Waals surface area contributed by atoms with E-state index in [1.807, 2.05) is 0 Å². The number of nitrogens with one attached hydrogen (secondary N) is 1. The Labute approximate surface area is 117 Å². The zero-order chi connectivity index (χ0) is 11.4. The number of halogens is 1. The highest BCUT2D eigenvalue weighted by Crippen LogP contribution is 2.86. The molecule has 9 atom stereocenters. The van der Waals surface area contributed by atoms with Crippen LogP contribution in [0.1, 0.15) is 39.5 Å². The lowest BCUT2D eigenvalue weighted by molar-refractivity contribution is 0.0653. The summed E-state index contributed by atoms with van der Waals surface area (Å²) in [7, 11) is 0. The van der Waals surface area contributed by atoms with E-state index in [0.29, 0.717) is 0 Å². The van der Waals surface area contributed by atoms with Crippen molar-refractivity contribution in [3.8, 4) is 0 Å². The van der Waals surface area contributed by atoms with Crippen LogP contribution >= 0.6 is 12.4 Å². The molecule has 6 aliphatic carbocycles. The molecule has 102 valence electrons. The molecular weight excluding hydrogens is 242 g/mol. The summed E-state index contributed by atoms with van der Waals surface area (Å²) < 4.78 is 0. The topological polar surface area (TPSA) is 12.0 Å². The van der Waals surface area contributed by atoms with Gasteiger partial charge in [-0.1, -0.05) is 20.3 Å². The van der Waals surface area contributed by atoms with E-state index in [1.54, 1.807) is 12.8 Å². The van der Waals surface area contributed by atoms with Crippen molar-refractivity contribution in [2.24, 2.45) is 46.8 Å². The maximum atomic E-state index is 4.00. The first-order chi connectivity index (χ1) is 8.28. The van der Waals surface area contributed by atoms with Gasteiger partial charge in [-0.2, -0.15) is 0 Å². The first-order valence-corrected chi connectivity index (χ1v) is 8.02. The van der Waals surface area contributed by atoms with Gasteiger partial charge in [0.25, 0.3) is 0 Å². The van der Waals surface area contributed by atoms with Crippen LogP contribution in [0.4, 0.5) is 0 Å². The lowest BCUT2D eigenvalue weighted by Gasteiger charge is -2.40. The van der Waals surface area contributed by atoms with Crippen LogP contribution in [0.15, 0.2) is 0 Å². The molecule has 0 aromatic carbocycles. The Morgan fingerprint density at radius 3 is 2.67 bits per heavy atom. The van der Waals surface area contributed by atoms with Crippen LogP contribution in [-0.2, 0) is 0 Å². The molecule has 0 spiro atoms. The summed E-state index contributed by atoms with van der Waals surface area (Å²) >= 11 is 0. The van der Waals surface area contributed by atoms with Crippen molar-refractivity contribution in [1.29, 1.82) is 0 Å². The molecule has 6 fully saturated rings. The molecule has 0 aromatic heterocycles. The molecule has 6 saturated carbocycles. The molecule has 2 unspecified atom stereocenters. The van der Waals surface area contributed by atoms with Crippen molar-refractivity contribution in [1.82, 2.24) is 5.32 Å². The van der Waals surface area contributed by atoms with Gasteiger partial charge in [-0.05, 0) is 72.6 Å². The molecule has 6 aliphatic rings. The molecule has 0 saturated heterocycles. The Bertz CT molecular complexity index is 383. The molecule has 6 rings (SSSR count). The van der Waals surface area contributed by atoms with Crippen LogP contribution in [0, 0.1) is 46.8 Å².